The van der Waals surface area contributed by atoms with Crippen molar-refractivity contribution in [3.8, 4) is 5.75 Å². The van der Waals surface area contributed by atoms with E-state index in [-0.39, 0.29) is 11.2 Å². The Labute approximate surface area is 143 Å². The molecule has 2 N–H and O–H groups in total. The highest BCUT2D eigenvalue weighted by atomic mass is 35.5. The van der Waals surface area contributed by atoms with Crippen LogP contribution < -0.4 is 10.1 Å². The lowest BCUT2D eigenvalue weighted by atomic mass is 10.3. The lowest BCUT2D eigenvalue weighted by Gasteiger charge is -2.11. The number of methoxy groups -OCH3 is 1. The zero-order chi connectivity index (χ0) is 16.4. The largest absolute Gasteiger partial charge is 0.495 e. The number of anilines is 1. The molecule has 0 aliphatic heterocycles. The number of rotatable bonds is 6. The van der Waals surface area contributed by atoms with E-state index in [1.165, 1.54) is 11.8 Å². The Morgan fingerprint density at radius 1 is 1.52 bits per heavy atom. The minimum absolute atomic E-state index is 0.131. The van der Waals surface area contributed by atoms with E-state index in [1.54, 1.807) is 25.3 Å². The summed E-state index contributed by atoms with van der Waals surface area (Å²) in [5, 5.41) is 10.7. The van der Waals surface area contributed by atoms with Crippen molar-refractivity contribution in [1.82, 2.24) is 15.2 Å². The second-order valence-corrected chi connectivity index (χ2v) is 7.09. The standard InChI is InChI=1S/C15H17ClN4O2S/c1-8(23-15-18-13(19-20-15)9-3-4-9)14(21)17-10-5-6-12(22-2)11(16)7-10/h5-9H,3-4H2,1-2H3,(H,17,21)(H,18,19,20). The van der Waals surface area contributed by atoms with Crippen LogP contribution in [0.4, 0.5) is 5.69 Å². The van der Waals surface area contributed by atoms with Crippen LogP contribution in [0.15, 0.2) is 23.4 Å². The second kappa shape index (κ2) is 6.80. The molecule has 0 spiro atoms. The van der Waals surface area contributed by atoms with Gasteiger partial charge in [0.05, 0.1) is 17.4 Å². The molecule has 1 saturated carbocycles. The van der Waals surface area contributed by atoms with Crippen LogP contribution in [-0.2, 0) is 4.79 Å². The summed E-state index contributed by atoms with van der Waals surface area (Å²) in [5.74, 6) is 1.87. The fourth-order valence-corrected chi connectivity index (χ4v) is 3.04. The first-order chi connectivity index (χ1) is 11.1. The minimum atomic E-state index is -0.321. The number of ether oxygens (including phenoxy) is 1. The van der Waals surface area contributed by atoms with E-state index >= 15 is 0 Å². The van der Waals surface area contributed by atoms with Crippen molar-refractivity contribution in [3.63, 3.8) is 0 Å². The number of nitrogens with zero attached hydrogens (tertiary/aromatic N) is 2. The number of carbonyl (C=O) groups is 1. The van der Waals surface area contributed by atoms with Crippen molar-refractivity contribution in [2.24, 2.45) is 0 Å². The Morgan fingerprint density at radius 3 is 2.96 bits per heavy atom. The molecule has 1 aliphatic carbocycles. The summed E-state index contributed by atoms with van der Waals surface area (Å²) in [5.41, 5.74) is 0.627. The van der Waals surface area contributed by atoms with Gasteiger partial charge < -0.3 is 10.1 Å². The summed E-state index contributed by atoms with van der Waals surface area (Å²) in [6.07, 6.45) is 2.32. The van der Waals surface area contributed by atoms with Crippen molar-refractivity contribution < 1.29 is 9.53 Å². The maximum atomic E-state index is 12.3. The summed E-state index contributed by atoms with van der Waals surface area (Å²) in [6, 6.07) is 5.12. The van der Waals surface area contributed by atoms with Crippen molar-refractivity contribution in [3.05, 3.63) is 29.0 Å². The van der Waals surface area contributed by atoms with Gasteiger partial charge >= 0.3 is 0 Å². The van der Waals surface area contributed by atoms with Gasteiger partial charge in [-0.15, -0.1) is 5.10 Å². The Morgan fingerprint density at radius 2 is 2.30 bits per heavy atom. The van der Waals surface area contributed by atoms with Gasteiger partial charge in [-0.25, -0.2) is 4.98 Å². The van der Waals surface area contributed by atoms with E-state index in [9.17, 15) is 4.79 Å². The fourth-order valence-electron chi connectivity index (χ4n) is 2.05. The first kappa shape index (κ1) is 16.1. The SMILES string of the molecule is COc1ccc(NC(=O)C(C)Sc2n[nH]c(C3CC3)n2)cc1Cl. The summed E-state index contributed by atoms with van der Waals surface area (Å²) in [7, 11) is 1.55. The maximum Gasteiger partial charge on any atom is 0.237 e. The zero-order valence-electron chi connectivity index (χ0n) is 12.8. The lowest BCUT2D eigenvalue weighted by molar-refractivity contribution is -0.115. The number of benzene rings is 1. The fraction of sp³-hybridized carbons (Fsp3) is 0.400. The predicted octanol–water partition coefficient (Wildman–Crippen LogP) is 3.46. The van der Waals surface area contributed by atoms with Crippen molar-refractivity contribution in [1.29, 1.82) is 0 Å². The average molecular weight is 353 g/mol. The molecule has 0 radical (unpaired) electrons. The second-order valence-electron chi connectivity index (χ2n) is 5.38. The third kappa shape index (κ3) is 3.97. The first-order valence-corrected chi connectivity index (χ1v) is 8.56. The van der Waals surface area contributed by atoms with E-state index in [0.717, 1.165) is 18.7 Å². The van der Waals surface area contributed by atoms with E-state index in [2.05, 4.69) is 20.5 Å². The van der Waals surface area contributed by atoms with E-state index in [4.69, 9.17) is 16.3 Å². The van der Waals surface area contributed by atoms with Gasteiger partial charge in [-0.1, -0.05) is 23.4 Å². The molecule has 1 aromatic carbocycles. The third-order valence-corrected chi connectivity index (χ3v) is 4.77. The summed E-state index contributed by atoms with van der Waals surface area (Å²) < 4.78 is 5.09. The van der Waals surface area contributed by atoms with Gasteiger partial charge in [0.2, 0.25) is 11.1 Å². The van der Waals surface area contributed by atoms with Crippen LogP contribution in [0.1, 0.15) is 31.5 Å². The van der Waals surface area contributed by atoms with Gasteiger partial charge in [0.1, 0.15) is 11.6 Å². The Balaban J connectivity index is 1.59. The molecule has 1 aliphatic rings. The monoisotopic (exact) mass is 352 g/mol. The Bertz CT molecular complexity index is 717. The molecule has 1 aromatic heterocycles. The van der Waals surface area contributed by atoms with Gasteiger partial charge in [0, 0.05) is 11.6 Å². The van der Waals surface area contributed by atoms with Crippen molar-refractivity contribution in [2.75, 3.05) is 12.4 Å². The number of hydrogen-bond donors (Lipinski definition) is 2. The van der Waals surface area contributed by atoms with Crippen LogP contribution in [0.25, 0.3) is 0 Å². The van der Waals surface area contributed by atoms with Crippen LogP contribution >= 0.6 is 23.4 Å². The number of hydrogen-bond acceptors (Lipinski definition) is 5. The van der Waals surface area contributed by atoms with Gasteiger partial charge in [0.25, 0.3) is 0 Å². The Hall–Kier alpha value is -1.73. The molecule has 6 nitrogen and oxygen atoms in total. The molecule has 0 bridgehead atoms. The molecule has 3 rings (SSSR count). The summed E-state index contributed by atoms with van der Waals surface area (Å²) >= 11 is 7.38. The molecule has 1 heterocycles. The molecule has 0 saturated heterocycles. The number of aromatic nitrogens is 3. The van der Waals surface area contributed by atoms with Gasteiger partial charge in [-0.3, -0.25) is 9.89 Å². The van der Waals surface area contributed by atoms with E-state index < -0.39 is 0 Å². The highest BCUT2D eigenvalue weighted by Crippen LogP contribution is 2.38. The molecule has 8 heteroatoms. The number of aromatic amines is 1. The van der Waals surface area contributed by atoms with Gasteiger partial charge in [-0.2, -0.15) is 0 Å². The zero-order valence-corrected chi connectivity index (χ0v) is 14.4. The smallest absolute Gasteiger partial charge is 0.237 e. The Kier molecular flexibility index (Phi) is 4.77. The molecule has 2 aromatic rings. The molecule has 122 valence electrons. The molecule has 1 atom stereocenters. The van der Waals surface area contributed by atoms with Crippen molar-refractivity contribution >= 4 is 35.0 Å². The number of H-pyrrole nitrogens is 1. The maximum absolute atomic E-state index is 12.3. The summed E-state index contributed by atoms with van der Waals surface area (Å²) in [6.45, 7) is 1.82. The summed E-state index contributed by atoms with van der Waals surface area (Å²) in [4.78, 5) is 16.7. The molecular formula is C15H17ClN4O2S. The minimum Gasteiger partial charge on any atom is -0.495 e. The molecule has 23 heavy (non-hydrogen) atoms. The normalized spacial score (nSPS) is 15.3. The number of halogens is 1. The van der Waals surface area contributed by atoms with E-state index in [0.29, 0.717) is 27.5 Å². The number of amides is 1. The third-order valence-electron chi connectivity index (χ3n) is 3.52. The molecule has 1 unspecified atom stereocenters. The van der Waals surface area contributed by atoms with Gasteiger partial charge in [-0.05, 0) is 38.0 Å². The van der Waals surface area contributed by atoms with Crippen LogP contribution in [0.3, 0.4) is 0 Å². The number of thioether (sulfide) groups is 1. The highest BCUT2D eigenvalue weighted by molar-refractivity contribution is 8.00. The van der Waals surface area contributed by atoms with E-state index in [1.807, 2.05) is 6.92 Å². The van der Waals surface area contributed by atoms with Crippen LogP contribution in [0, 0.1) is 0 Å². The van der Waals surface area contributed by atoms with Crippen LogP contribution in [0.5, 0.6) is 5.75 Å². The number of nitrogens with one attached hydrogen (secondary N) is 2. The number of carbonyl (C=O) groups excluding carboxylic acids is 1. The highest BCUT2D eigenvalue weighted by Gasteiger charge is 2.27. The predicted molar refractivity (Wildman–Crippen MR) is 90.3 cm³/mol. The first-order valence-electron chi connectivity index (χ1n) is 7.30. The molecule has 1 amide bonds. The van der Waals surface area contributed by atoms with Crippen molar-refractivity contribution in [2.45, 2.75) is 36.1 Å². The lowest BCUT2D eigenvalue weighted by Crippen LogP contribution is -2.22. The quantitative estimate of drug-likeness (QED) is 0.778. The topological polar surface area (TPSA) is 79.9 Å². The average Bonchev–Trinajstić information content (AvgIpc) is 3.27. The molecular weight excluding hydrogens is 336 g/mol. The van der Waals surface area contributed by atoms with Gasteiger partial charge in [0.15, 0.2) is 0 Å². The van der Waals surface area contributed by atoms with Crippen LogP contribution in [0.2, 0.25) is 5.02 Å². The molecule has 1 fully saturated rings. The van der Waals surface area contributed by atoms with Crippen LogP contribution in [-0.4, -0.2) is 33.4 Å².